The van der Waals surface area contributed by atoms with Crippen molar-refractivity contribution in [2.24, 2.45) is 0 Å². The average molecular weight is 553 g/mol. The number of methoxy groups -OCH3 is 2. The quantitative estimate of drug-likeness (QED) is 0.310. The lowest BCUT2D eigenvalue weighted by molar-refractivity contribution is -0.116. The van der Waals surface area contributed by atoms with Crippen LogP contribution in [0, 0.1) is 0 Å². The normalized spacial score (nSPS) is 14.9. The third-order valence-electron chi connectivity index (χ3n) is 6.45. The number of amides is 1. The van der Waals surface area contributed by atoms with Crippen LogP contribution in [0.4, 0.5) is 5.69 Å². The van der Waals surface area contributed by atoms with Gasteiger partial charge < -0.3 is 19.1 Å². The Morgan fingerprint density at radius 2 is 1.90 bits per heavy atom. The predicted molar refractivity (Wildman–Crippen MR) is 143 cm³/mol. The summed E-state index contributed by atoms with van der Waals surface area (Å²) in [7, 11) is -0.654. The van der Waals surface area contributed by atoms with E-state index >= 15 is 0 Å². The molecule has 1 aliphatic rings. The molecule has 2 aromatic carbocycles. The van der Waals surface area contributed by atoms with Crippen molar-refractivity contribution >= 4 is 27.3 Å². The number of carbonyl (C=O) groups is 1. The molecule has 0 aliphatic carbocycles. The molecule has 1 atom stereocenters. The van der Waals surface area contributed by atoms with Gasteiger partial charge in [0.25, 0.3) is 0 Å². The van der Waals surface area contributed by atoms with E-state index in [9.17, 15) is 13.2 Å². The topological polar surface area (TPSA) is 137 Å². The third-order valence-corrected chi connectivity index (χ3v) is 7.90. The summed E-state index contributed by atoms with van der Waals surface area (Å²) in [5, 5.41) is 12.9. The SMILES string of the molecule is COc1ccc(OC)c(-c2nnc3ccc(OCCNS(=O)(=O)c4ccc5c(c4)CC(C)N5C(C)=O)nn23)c1. The summed E-state index contributed by atoms with van der Waals surface area (Å²) in [6.07, 6.45) is 0.599. The molecular formula is C26H28N6O6S. The molecule has 204 valence electrons. The fourth-order valence-corrected chi connectivity index (χ4v) is 5.74. The molecule has 1 unspecified atom stereocenters. The molecule has 0 saturated carbocycles. The summed E-state index contributed by atoms with van der Waals surface area (Å²) in [5.41, 5.74) is 2.71. The molecular weight excluding hydrogens is 524 g/mol. The van der Waals surface area contributed by atoms with Crippen LogP contribution in [0.2, 0.25) is 0 Å². The minimum Gasteiger partial charge on any atom is -0.497 e. The smallest absolute Gasteiger partial charge is 0.240 e. The molecule has 4 aromatic rings. The second kappa shape index (κ2) is 10.5. The van der Waals surface area contributed by atoms with Gasteiger partial charge in [0.05, 0.1) is 24.7 Å². The molecule has 12 nitrogen and oxygen atoms in total. The van der Waals surface area contributed by atoms with Gasteiger partial charge in [-0.1, -0.05) is 0 Å². The highest BCUT2D eigenvalue weighted by Gasteiger charge is 2.30. The second-order valence-electron chi connectivity index (χ2n) is 9.01. The summed E-state index contributed by atoms with van der Waals surface area (Å²) in [5.74, 6) is 1.82. The Labute approximate surface area is 225 Å². The summed E-state index contributed by atoms with van der Waals surface area (Å²) in [4.78, 5) is 13.8. The number of fused-ring (bicyclic) bond motifs is 2. The molecule has 1 N–H and O–H groups in total. The first-order valence-corrected chi connectivity index (χ1v) is 13.7. The van der Waals surface area contributed by atoms with Crippen LogP contribution < -0.4 is 23.8 Å². The molecule has 39 heavy (non-hydrogen) atoms. The Hall–Kier alpha value is -4.23. The van der Waals surface area contributed by atoms with Crippen LogP contribution in [0.15, 0.2) is 53.4 Å². The van der Waals surface area contributed by atoms with Crippen LogP contribution in [0.25, 0.3) is 17.0 Å². The molecule has 3 heterocycles. The van der Waals surface area contributed by atoms with E-state index in [2.05, 4.69) is 20.0 Å². The minimum absolute atomic E-state index is 0.0159. The summed E-state index contributed by atoms with van der Waals surface area (Å²) in [6, 6.07) is 13.4. The number of hydrogen-bond acceptors (Lipinski definition) is 9. The molecule has 1 amide bonds. The van der Waals surface area contributed by atoms with Gasteiger partial charge in [-0.25, -0.2) is 13.1 Å². The van der Waals surface area contributed by atoms with Crippen LogP contribution in [0.5, 0.6) is 17.4 Å². The maximum absolute atomic E-state index is 12.9. The number of sulfonamides is 1. The molecule has 0 saturated heterocycles. The van der Waals surface area contributed by atoms with Crippen molar-refractivity contribution in [3.63, 3.8) is 0 Å². The van der Waals surface area contributed by atoms with Crippen molar-refractivity contribution in [2.45, 2.75) is 31.2 Å². The number of anilines is 1. The maximum Gasteiger partial charge on any atom is 0.240 e. The lowest BCUT2D eigenvalue weighted by Crippen LogP contribution is -2.33. The van der Waals surface area contributed by atoms with Crippen molar-refractivity contribution in [1.82, 2.24) is 24.5 Å². The highest BCUT2D eigenvalue weighted by molar-refractivity contribution is 7.89. The van der Waals surface area contributed by atoms with Crippen LogP contribution in [0.1, 0.15) is 19.4 Å². The second-order valence-corrected chi connectivity index (χ2v) is 10.8. The van der Waals surface area contributed by atoms with Gasteiger partial charge in [0, 0.05) is 31.3 Å². The highest BCUT2D eigenvalue weighted by Crippen LogP contribution is 2.34. The number of aromatic nitrogens is 4. The summed E-state index contributed by atoms with van der Waals surface area (Å²) >= 11 is 0. The van der Waals surface area contributed by atoms with Crippen LogP contribution in [0.3, 0.4) is 0 Å². The molecule has 2 aromatic heterocycles. The van der Waals surface area contributed by atoms with Gasteiger partial charge in [0.2, 0.25) is 21.8 Å². The van der Waals surface area contributed by atoms with Gasteiger partial charge in [-0.05, 0) is 61.4 Å². The van der Waals surface area contributed by atoms with Crippen molar-refractivity contribution in [1.29, 1.82) is 0 Å². The largest absolute Gasteiger partial charge is 0.497 e. The van der Waals surface area contributed by atoms with Gasteiger partial charge in [-0.15, -0.1) is 15.3 Å². The van der Waals surface area contributed by atoms with Crippen LogP contribution in [-0.4, -0.2) is 67.5 Å². The van der Waals surface area contributed by atoms with E-state index in [1.807, 2.05) is 6.92 Å². The van der Waals surface area contributed by atoms with Gasteiger partial charge in [0.15, 0.2) is 11.5 Å². The summed E-state index contributed by atoms with van der Waals surface area (Å²) in [6.45, 7) is 3.50. The number of hydrogen-bond donors (Lipinski definition) is 1. The van der Waals surface area contributed by atoms with E-state index < -0.39 is 10.0 Å². The minimum atomic E-state index is -3.78. The molecule has 1 aliphatic heterocycles. The third kappa shape index (κ3) is 5.10. The monoisotopic (exact) mass is 552 g/mol. The summed E-state index contributed by atoms with van der Waals surface area (Å²) < 4.78 is 46.4. The predicted octanol–water partition coefficient (Wildman–Crippen LogP) is 2.46. The van der Waals surface area contributed by atoms with Crippen LogP contribution >= 0.6 is 0 Å². The number of rotatable bonds is 9. The van der Waals surface area contributed by atoms with Gasteiger partial charge in [0.1, 0.15) is 18.1 Å². The van der Waals surface area contributed by atoms with Gasteiger partial charge in [-0.3, -0.25) is 4.79 Å². The Balaban J connectivity index is 1.27. The molecule has 0 bridgehead atoms. The number of carbonyl (C=O) groups excluding carboxylic acids is 1. The molecule has 0 spiro atoms. The average Bonchev–Trinajstić information content (AvgIpc) is 3.49. The van der Waals surface area contributed by atoms with E-state index in [0.29, 0.717) is 35.0 Å². The van der Waals surface area contributed by atoms with Gasteiger partial charge >= 0.3 is 0 Å². The van der Waals surface area contributed by atoms with Crippen molar-refractivity contribution in [2.75, 3.05) is 32.3 Å². The number of benzene rings is 2. The van der Waals surface area contributed by atoms with Crippen molar-refractivity contribution < 1.29 is 27.4 Å². The van der Waals surface area contributed by atoms with Gasteiger partial charge in [-0.2, -0.15) is 4.52 Å². The lowest BCUT2D eigenvalue weighted by Gasteiger charge is -2.20. The van der Waals surface area contributed by atoms with E-state index in [4.69, 9.17) is 14.2 Å². The zero-order chi connectivity index (χ0) is 27.7. The molecule has 0 radical (unpaired) electrons. The zero-order valence-electron chi connectivity index (χ0n) is 21.9. The standard InChI is InChI=1S/C26H28N6O6S/c1-16-13-18-14-20(6-7-22(18)31(16)17(2)33)39(34,35)27-11-12-38-25-10-9-24-28-29-26(32(24)30-25)21-15-19(36-3)5-8-23(21)37-4/h5-10,14-16,27H,11-13H2,1-4H3. The van der Waals surface area contributed by atoms with E-state index in [1.54, 1.807) is 61.6 Å². The molecule has 5 rings (SSSR count). The Morgan fingerprint density at radius 3 is 2.64 bits per heavy atom. The first-order valence-electron chi connectivity index (χ1n) is 12.2. The number of nitrogens with one attached hydrogen (secondary N) is 1. The van der Waals surface area contributed by atoms with Crippen LogP contribution in [-0.2, 0) is 21.2 Å². The zero-order valence-corrected chi connectivity index (χ0v) is 22.7. The van der Waals surface area contributed by atoms with Crippen molar-refractivity contribution in [3.05, 3.63) is 54.1 Å². The van der Waals surface area contributed by atoms with E-state index in [-0.39, 0.29) is 35.9 Å². The Morgan fingerprint density at radius 1 is 1.08 bits per heavy atom. The first kappa shape index (κ1) is 26.4. The fourth-order valence-electron chi connectivity index (χ4n) is 4.68. The highest BCUT2D eigenvalue weighted by atomic mass is 32.2. The van der Waals surface area contributed by atoms with E-state index in [0.717, 1.165) is 11.3 Å². The number of ether oxygens (including phenoxy) is 3. The Bertz CT molecular complexity index is 1650. The number of nitrogens with zero attached hydrogens (tertiary/aromatic N) is 5. The van der Waals surface area contributed by atoms with E-state index in [1.165, 1.54) is 17.5 Å². The maximum atomic E-state index is 12.9. The molecule has 0 fully saturated rings. The first-order chi connectivity index (χ1) is 18.7. The van der Waals surface area contributed by atoms with Crippen molar-refractivity contribution in [3.8, 4) is 28.8 Å². The fraction of sp³-hybridized carbons (Fsp3) is 0.308. The lowest BCUT2D eigenvalue weighted by atomic mass is 10.1. The Kier molecular flexibility index (Phi) is 7.10. The molecule has 13 heteroatoms.